The van der Waals surface area contributed by atoms with Crippen molar-refractivity contribution in [2.24, 2.45) is 0 Å². The Kier molecular flexibility index (Phi) is 3.16. The number of nitrogens with zero attached hydrogens (tertiary/aromatic N) is 2. The minimum absolute atomic E-state index is 0.549. The maximum absolute atomic E-state index is 6.25. The van der Waals surface area contributed by atoms with Crippen LogP contribution in [0.25, 0.3) is 0 Å². The fourth-order valence-electron chi connectivity index (χ4n) is 2.30. The third kappa shape index (κ3) is 2.38. The van der Waals surface area contributed by atoms with Gasteiger partial charge in [0.05, 0.1) is 5.69 Å². The molecule has 1 aromatic rings. The molecule has 1 saturated carbocycles. The summed E-state index contributed by atoms with van der Waals surface area (Å²) < 4.78 is 0. The van der Waals surface area contributed by atoms with Crippen molar-refractivity contribution in [3.8, 4) is 0 Å². The zero-order valence-electron chi connectivity index (χ0n) is 9.80. The first-order chi connectivity index (χ1) is 8.33. The molecule has 1 aliphatic carbocycles. The molecule has 0 radical (unpaired) electrons. The summed E-state index contributed by atoms with van der Waals surface area (Å²) in [5.41, 5.74) is 2.23. The molecule has 4 nitrogen and oxygen atoms in total. The van der Waals surface area contributed by atoms with E-state index in [1.807, 2.05) is 0 Å². The first kappa shape index (κ1) is 11.2. The number of nitrogens with one attached hydrogen (secondary N) is 2. The van der Waals surface area contributed by atoms with Crippen LogP contribution in [0, 0.1) is 0 Å². The standard InChI is InChI=1S/C12H17ClN4/c13-11-9-4-6-14-7-5-10(9)16-12(17-11)15-8-2-1-3-8/h8,14H,1-7H2,(H,15,16,17). The second-order valence-corrected chi connectivity index (χ2v) is 5.14. The third-order valence-corrected chi connectivity index (χ3v) is 3.88. The van der Waals surface area contributed by atoms with Gasteiger partial charge in [-0.25, -0.2) is 9.97 Å². The van der Waals surface area contributed by atoms with E-state index in [0.717, 1.165) is 37.2 Å². The number of anilines is 1. The fraction of sp³-hybridized carbons (Fsp3) is 0.667. The molecule has 0 spiro atoms. The molecule has 0 saturated heterocycles. The van der Waals surface area contributed by atoms with Crippen molar-refractivity contribution in [3.05, 3.63) is 16.4 Å². The fourth-order valence-corrected chi connectivity index (χ4v) is 2.58. The highest BCUT2D eigenvalue weighted by Gasteiger charge is 2.20. The predicted octanol–water partition coefficient (Wildman–Crippen LogP) is 1.78. The SMILES string of the molecule is Clc1nc(NC2CCC2)nc2c1CCNCC2. The van der Waals surface area contributed by atoms with E-state index in [-0.39, 0.29) is 0 Å². The summed E-state index contributed by atoms with van der Waals surface area (Å²) in [5, 5.41) is 7.35. The van der Waals surface area contributed by atoms with Crippen molar-refractivity contribution in [1.82, 2.24) is 15.3 Å². The van der Waals surface area contributed by atoms with Crippen LogP contribution < -0.4 is 10.6 Å². The molecule has 1 fully saturated rings. The summed E-state index contributed by atoms with van der Waals surface area (Å²) in [6.07, 6.45) is 5.62. The van der Waals surface area contributed by atoms with E-state index in [9.17, 15) is 0 Å². The lowest BCUT2D eigenvalue weighted by Gasteiger charge is -2.26. The third-order valence-electron chi connectivity index (χ3n) is 3.57. The van der Waals surface area contributed by atoms with Crippen LogP contribution in [-0.4, -0.2) is 29.1 Å². The van der Waals surface area contributed by atoms with Crippen LogP contribution >= 0.6 is 11.6 Å². The Morgan fingerprint density at radius 2 is 2.00 bits per heavy atom. The first-order valence-electron chi connectivity index (χ1n) is 6.35. The smallest absolute Gasteiger partial charge is 0.224 e. The Morgan fingerprint density at radius 3 is 2.76 bits per heavy atom. The van der Waals surface area contributed by atoms with Crippen molar-refractivity contribution >= 4 is 17.5 Å². The van der Waals surface area contributed by atoms with E-state index in [1.54, 1.807) is 0 Å². The van der Waals surface area contributed by atoms with Gasteiger partial charge in [0.15, 0.2) is 0 Å². The number of hydrogen-bond donors (Lipinski definition) is 2. The highest BCUT2D eigenvalue weighted by atomic mass is 35.5. The lowest BCUT2D eigenvalue weighted by Crippen LogP contribution is -2.28. The van der Waals surface area contributed by atoms with Gasteiger partial charge in [-0.3, -0.25) is 0 Å². The summed E-state index contributed by atoms with van der Waals surface area (Å²) in [7, 11) is 0. The van der Waals surface area contributed by atoms with Crippen LogP contribution in [0.15, 0.2) is 0 Å². The van der Waals surface area contributed by atoms with Gasteiger partial charge >= 0.3 is 0 Å². The summed E-state index contributed by atoms with van der Waals surface area (Å²) in [5.74, 6) is 0.709. The molecule has 0 atom stereocenters. The lowest BCUT2D eigenvalue weighted by atomic mass is 9.93. The van der Waals surface area contributed by atoms with Crippen LogP contribution in [0.4, 0.5) is 5.95 Å². The van der Waals surface area contributed by atoms with Crippen molar-refractivity contribution in [3.63, 3.8) is 0 Å². The number of aromatic nitrogens is 2. The van der Waals surface area contributed by atoms with Crippen molar-refractivity contribution in [1.29, 1.82) is 0 Å². The van der Waals surface area contributed by atoms with Gasteiger partial charge in [-0.05, 0) is 32.2 Å². The summed E-state index contributed by atoms with van der Waals surface area (Å²) >= 11 is 6.25. The highest BCUT2D eigenvalue weighted by Crippen LogP contribution is 2.25. The van der Waals surface area contributed by atoms with Gasteiger partial charge in [0.25, 0.3) is 0 Å². The van der Waals surface area contributed by atoms with Gasteiger partial charge in [0.1, 0.15) is 5.15 Å². The maximum atomic E-state index is 6.25. The van der Waals surface area contributed by atoms with Crippen LogP contribution in [-0.2, 0) is 12.8 Å². The Balaban J connectivity index is 1.85. The van der Waals surface area contributed by atoms with E-state index in [0.29, 0.717) is 17.1 Å². The normalized spacial score (nSPS) is 20.3. The summed E-state index contributed by atoms with van der Waals surface area (Å²) in [6, 6.07) is 0.549. The predicted molar refractivity (Wildman–Crippen MR) is 68.6 cm³/mol. The van der Waals surface area contributed by atoms with Gasteiger partial charge in [-0.15, -0.1) is 0 Å². The van der Waals surface area contributed by atoms with E-state index >= 15 is 0 Å². The molecule has 17 heavy (non-hydrogen) atoms. The molecule has 2 N–H and O–H groups in total. The van der Waals surface area contributed by atoms with E-state index < -0.39 is 0 Å². The molecular weight excluding hydrogens is 236 g/mol. The average Bonchev–Trinajstić information content (AvgIpc) is 2.49. The molecule has 0 bridgehead atoms. The molecule has 2 aliphatic rings. The molecule has 1 aromatic heterocycles. The van der Waals surface area contributed by atoms with Crippen LogP contribution in [0.3, 0.4) is 0 Å². The molecule has 0 aromatic carbocycles. The quantitative estimate of drug-likeness (QED) is 0.788. The minimum atomic E-state index is 0.549. The van der Waals surface area contributed by atoms with Crippen molar-refractivity contribution < 1.29 is 0 Å². The Hall–Kier alpha value is -0.870. The van der Waals surface area contributed by atoms with E-state index in [4.69, 9.17) is 11.6 Å². The molecule has 0 amide bonds. The summed E-state index contributed by atoms with van der Waals surface area (Å²) in [4.78, 5) is 8.97. The second-order valence-electron chi connectivity index (χ2n) is 4.79. The number of fused-ring (bicyclic) bond motifs is 1. The number of halogens is 1. The monoisotopic (exact) mass is 252 g/mol. The van der Waals surface area contributed by atoms with Crippen LogP contribution in [0.1, 0.15) is 30.5 Å². The Bertz CT molecular complexity index is 417. The van der Waals surface area contributed by atoms with Crippen LogP contribution in [0.5, 0.6) is 0 Å². The first-order valence-corrected chi connectivity index (χ1v) is 6.73. The molecule has 0 unspecified atom stereocenters. The minimum Gasteiger partial charge on any atom is -0.351 e. The average molecular weight is 253 g/mol. The van der Waals surface area contributed by atoms with Gasteiger partial charge < -0.3 is 10.6 Å². The van der Waals surface area contributed by atoms with Crippen molar-refractivity contribution in [2.45, 2.75) is 38.1 Å². The topological polar surface area (TPSA) is 49.8 Å². The molecule has 3 rings (SSSR count). The molecule has 5 heteroatoms. The van der Waals surface area contributed by atoms with Gasteiger partial charge in [-0.2, -0.15) is 0 Å². The molecule has 2 heterocycles. The zero-order valence-corrected chi connectivity index (χ0v) is 10.6. The lowest BCUT2D eigenvalue weighted by molar-refractivity contribution is 0.443. The van der Waals surface area contributed by atoms with Gasteiger partial charge in [0.2, 0.25) is 5.95 Å². The van der Waals surface area contributed by atoms with E-state index in [2.05, 4.69) is 20.6 Å². The molecular formula is C12H17ClN4. The Labute approximate surface area is 106 Å². The highest BCUT2D eigenvalue weighted by molar-refractivity contribution is 6.30. The van der Waals surface area contributed by atoms with E-state index in [1.165, 1.54) is 19.3 Å². The zero-order chi connectivity index (χ0) is 11.7. The maximum Gasteiger partial charge on any atom is 0.224 e. The van der Waals surface area contributed by atoms with Crippen molar-refractivity contribution in [2.75, 3.05) is 18.4 Å². The molecule has 1 aliphatic heterocycles. The number of rotatable bonds is 2. The Morgan fingerprint density at radius 1 is 1.18 bits per heavy atom. The summed E-state index contributed by atoms with van der Waals surface area (Å²) in [6.45, 7) is 1.94. The largest absolute Gasteiger partial charge is 0.351 e. The molecule has 92 valence electrons. The number of hydrogen-bond acceptors (Lipinski definition) is 4. The second kappa shape index (κ2) is 4.78. The van der Waals surface area contributed by atoms with Gasteiger partial charge in [0, 0.05) is 24.6 Å². The van der Waals surface area contributed by atoms with Gasteiger partial charge in [-0.1, -0.05) is 11.6 Å². The van der Waals surface area contributed by atoms with Crippen LogP contribution in [0.2, 0.25) is 5.15 Å².